The minimum atomic E-state index is -4.67. The second kappa shape index (κ2) is 8.32. The van der Waals surface area contributed by atoms with Gasteiger partial charge in [-0.15, -0.1) is 13.2 Å². The van der Waals surface area contributed by atoms with Crippen molar-refractivity contribution in [2.24, 2.45) is 0 Å². The van der Waals surface area contributed by atoms with Gasteiger partial charge in [0, 0.05) is 31.1 Å². The Hall–Kier alpha value is -2.51. The topological polar surface area (TPSA) is 50.3 Å². The number of nitrogens with one attached hydrogen (secondary N) is 1. The van der Waals surface area contributed by atoms with Crippen molar-refractivity contribution in [3.63, 3.8) is 0 Å². The number of anilines is 2. The molecule has 1 aromatic heterocycles. The molecule has 2 aliphatic rings. The normalized spacial score (nSPS) is 17.3. The highest BCUT2D eigenvalue weighted by atomic mass is 19.4. The summed E-state index contributed by atoms with van der Waals surface area (Å²) in [6.45, 7) is 5.43. The smallest absolute Gasteiger partial charge is 0.406 e. The summed E-state index contributed by atoms with van der Waals surface area (Å²) < 4.78 is 41.5. The van der Waals surface area contributed by atoms with Crippen LogP contribution in [0.1, 0.15) is 62.4 Å². The van der Waals surface area contributed by atoms with Crippen molar-refractivity contribution in [2.75, 3.05) is 16.8 Å². The molecule has 1 aromatic carbocycles. The number of halogens is 3. The van der Waals surface area contributed by atoms with Crippen molar-refractivity contribution in [1.29, 1.82) is 0 Å². The van der Waals surface area contributed by atoms with Crippen LogP contribution in [-0.4, -0.2) is 28.9 Å². The zero-order chi connectivity index (χ0) is 21.3. The van der Waals surface area contributed by atoms with Crippen LogP contribution in [0, 0.1) is 0 Å². The van der Waals surface area contributed by atoms with Gasteiger partial charge in [0.05, 0.1) is 0 Å². The summed E-state index contributed by atoms with van der Waals surface area (Å²) in [5.74, 6) is 2.55. The first kappa shape index (κ1) is 20.8. The van der Waals surface area contributed by atoms with Crippen LogP contribution in [0.2, 0.25) is 0 Å². The third-order valence-corrected chi connectivity index (χ3v) is 5.70. The molecule has 8 heteroatoms. The summed E-state index contributed by atoms with van der Waals surface area (Å²) in [4.78, 5) is 11.6. The number of aromatic nitrogens is 2. The zero-order valence-corrected chi connectivity index (χ0v) is 17.3. The Labute approximate surface area is 174 Å². The monoisotopic (exact) mass is 420 g/mol. The van der Waals surface area contributed by atoms with Crippen LogP contribution in [0.25, 0.3) is 0 Å². The molecular weight excluding hydrogens is 393 g/mol. The maximum absolute atomic E-state index is 12.5. The van der Waals surface area contributed by atoms with Crippen LogP contribution in [0.4, 0.5) is 24.8 Å². The Morgan fingerprint density at radius 3 is 2.57 bits per heavy atom. The Bertz CT molecular complexity index is 894. The molecule has 0 amide bonds. The van der Waals surface area contributed by atoms with Gasteiger partial charge in [-0.2, -0.15) is 0 Å². The fourth-order valence-corrected chi connectivity index (χ4v) is 4.15. The Kier molecular flexibility index (Phi) is 5.75. The van der Waals surface area contributed by atoms with Crippen molar-refractivity contribution in [1.82, 2.24) is 9.97 Å². The third-order valence-electron chi connectivity index (χ3n) is 5.70. The van der Waals surface area contributed by atoms with E-state index < -0.39 is 6.36 Å². The SMILES string of the molecule is CC(C)c1nc(NC2CCCC2)cc(N2CCc3cc(OC(F)(F)F)ccc3C2)n1. The molecule has 5 nitrogen and oxygen atoms in total. The van der Waals surface area contributed by atoms with Crippen molar-refractivity contribution < 1.29 is 17.9 Å². The lowest BCUT2D eigenvalue weighted by molar-refractivity contribution is -0.274. The van der Waals surface area contributed by atoms with Crippen LogP contribution in [0.3, 0.4) is 0 Å². The number of hydrogen-bond acceptors (Lipinski definition) is 5. The summed E-state index contributed by atoms with van der Waals surface area (Å²) in [5.41, 5.74) is 1.88. The summed E-state index contributed by atoms with van der Waals surface area (Å²) in [7, 11) is 0. The first-order chi connectivity index (χ1) is 14.3. The second-order valence-electron chi connectivity index (χ2n) is 8.40. The molecule has 0 unspecified atom stereocenters. The summed E-state index contributed by atoms with van der Waals surface area (Å²) in [5, 5.41) is 3.56. The van der Waals surface area contributed by atoms with Gasteiger partial charge in [0.1, 0.15) is 23.2 Å². The minimum absolute atomic E-state index is 0.165. The van der Waals surface area contributed by atoms with E-state index in [0.717, 1.165) is 41.4 Å². The van der Waals surface area contributed by atoms with E-state index in [1.165, 1.54) is 25.0 Å². The van der Waals surface area contributed by atoms with E-state index in [0.29, 0.717) is 25.6 Å². The third kappa shape index (κ3) is 4.96. The molecule has 2 aromatic rings. The van der Waals surface area contributed by atoms with Gasteiger partial charge in [0.2, 0.25) is 0 Å². The van der Waals surface area contributed by atoms with Crippen molar-refractivity contribution in [3.05, 3.63) is 41.2 Å². The molecule has 1 fully saturated rings. The number of fused-ring (bicyclic) bond motifs is 1. The predicted octanol–water partition coefficient (Wildman–Crippen LogP) is 5.42. The van der Waals surface area contributed by atoms with Gasteiger partial charge in [-0.3, -0.25) is 0 Å². The van der Waals surface area contributed by atoms with Gasteiger partial charge in [0.15, 0.2) is 0 Å². The maximum atomic E-state index is 12.5. The van der Waals surface area contributed by atoms with E-state index in [1.807, 2.05) is 6.07 Å². The zero-order valence-electron chi connectivity index (χ0n) is 17.3. The van der Waals surface area contributed by atoms with Gasteiger partial charge in [0.25, 0.3) is 0 Å². The summed E-state index contributed by atoms with van der Waals surface area (Å²) in [6.07, 6.45) is 0.777. The molecule has 0 saturated heterocycles. The quantitative estimate of drug-likeness (QED) is 0.700. The number of nitrogens with zero attached hydrogens (tertiary/aromatic N) is 3. The molecule has 4 rings (SSSR count). The average Bonchev–Trinajstić information content (AvgIpc) is 3.19. The number of alkyl halides is 3. The Balaban J connectivity index is 1.55. The molecular formula is C22H27F3N4O. The van der Waals surface area contributed by atoms with Gasteiger partial charge >= 0.3 is 6.36 Å². The standard InChI is InChI=1S/C22H27F3N4O/c1-14(2)21-27-19(26-17-5-3-4-6-17)12-20(28-21)29-10-9-15-11-18(30-22(23,24)25)8-7-16(15)13-29/h7-8,11-12,14,17H,3-6,9-10,13H2,1-2H3,(H,26,27,28). The fourth-order valence-electron chi connectivity index (χ4n) is 4.15. The van der Waals surface area contributed by atoms with E-state index >= 15 is 0 Å². The molecule has 1 aliphatic carbocycles. The predicted molar refractivity (Wildman–Crippen MR) is 110 cm³/mol. The van der Waals surface area contributed by atoms with Gasteiger partial charge in [-0.05, 0) is 42.5 Å². The Morgan fingerprint density at radius 1 is 1.10 bits per heavy atom. The minimum Gasteiger partial charge on any atom is -0.406 e. The number of rotatable bonds is 5. The van der Waals surface area contributed by atoms with Gasteiger partial charge < -0.3 is 15.0 Å². The van der Waals surface area contributed by atoms with Crippen LogP contribution < -0.4 is 15.0 Å². The van der Waals surface area contributed by atoms with Crippen LogP contribution >= 0.6 is 0 Å². The molecule has 30 heavy (non-hydrogen) atoms. The van der Waals surface area contributed by atoms with Crippen LogP contribution in [0.5, 0.6) is 5.75 Å². The van der Waals surface area contributed by atoms with Gasteiger partial charge in [-0.25, -0.2) is 9.97 Å². The van der Waals surface area contributed by atoms with E-state index in [4.69, 9.17) is 9.97 Å². The Morgan fingerprint density at radius 2 is 1.87 bits per heavy atom. The van der Waals surface area contributed by atoms with E-state index in [2.05, 4.69) is 28.8 Å². The fraction of sp³-hybridized carbons (Fsp3) is 0.545. The molecule has 162 valence electrons. The van der Waals surface area contributed by atoms with Gasteiger partial charge in [-0.1, -0.05) is 32.8 Å². The molecule has 2 heterocycles. The number of ether oxygens (including phenoxy) is 1. The lowest BCUT2D eigenvalue weighted by Gasteiger charge is -2.31. The first-order valence-electron chi connectivity index (χ1n) is 10.5. The van der Waals surface area contributed by atoms with E-state index in [-0.39, 0.29) is 11.7 Å². The molecule has 1 aliphatic heterocycles. The van der Waals surface area contributed by atoms with E-state index in [1.54, 1.807) is 6.07 Å². The second-order valence-corrected chi connectivity index (χ2v) is 8.40. The molecule has 0 bridgehead atoms. The highest BCUT2D eigenvalue weighted by Gasteiger charge is 2.31. The van der Waals surface area contributed by atoms with Crippen molar-refractivity contribution in [2.45, 2.75) is 70.8 Å². The largest absolute Gasteiger partial charge is 0.573 e. The number of hydrogen-bond donors (Lipinski definition) is 1. The molecule has 0 radical (unpaired) electrons. The van der Waals surface area contributed by atoms with Crippen LogP contribution in [0.15, 0.2) is 24.3 Å². The molecule has 1 saturated carbocycles. The number of benzene rings is 1. The van der Waals surface area contributed by atoms with Crippen molar-refractivity contribution >= 4 is 11.6 Å². The average molecular weight is 420 g/mol. The molecule has 0 spiro atoms. The molecule has 1 N–H and O–H groups in total. The highest BCUT2D eigenvalue weighted by Crippen LogP contribution is 2.31. The highest BCUT2D eigenvalue weighted by molar-refractivity contribution is 5.52. The van der Waals surface area contributed by atoms with Crippen LogP contribution in [-0.2, 0) is 13.0 Å². The maximum Gasteiger partial charge on any atom is 0.573 e. The lowest BCUT2D eigenvalue weighted by Crippen LogP contribution is -2.31. The molecule has 0 atom stereocenters. The first-order valence-corrected chi connectivity index (χ1v) is 10.5. The van der Waals surface area contributed by atoms with Crippen molar-refractivity contribution in [3.8, 4) is 5.75 Å². The summed E-state index contributed by atoms with van der Waals surface area (Å²) >= 11 is 0. The van der Waals surface area contributed by atoms with E-state index in [9.17, 15) is 13.2 Å². The summed E-state index contributed by atoms with van der Waals surface area (Å²) in [6, 6.07) is 7.04. The lowest BCUT2D eigenvalue weighted by atomic mass is 9.99.